The van der Waals surface area contributed by atoms with Gasteiger partial charge in [0.25, 0.3) is 0 Å². The number of hydrogen-bond donors (Lipinski definition) is 0. The summed E-state index contributed by atoms with van der Waals surface area (Å²) in [6.45, 7) is 6.89. The third kappa shape index (κ3) is 4.61. The van der Waals surface area contributed by atoms with Crippen LogP contribution in [0.1, 0.15) is 22.3 Å². The van der Waals surface area contributed by atoms with Crippen molar-refractivity contribution < 1.29 is 14.3 Å². The van der Waals surface area contributed by atoms with Gasteiger partial charge in [0.15, 0.2) is 17.3 Å². The minimum atomic E-state index is 0.136. The predicted octanol–water partition coefficient (Wildman–Crippen LogP) is 3.41. The SMILES string of the molecule is COc1ccc(C(=O)CCN2CCN(c3ccccc3C)CC2)cc1OC. The lowest BCUT2D eigenvalue weighted by molar-refractivity contribution is 0.0962. The fourth-order valence-corrected chi connectivity index (χ4v) is 3.54. The number of carbonyl (C=O) groups is 1. The van der Waals surface area contributed by atoms with Crippen LogP contribution in [0.3, 0.4) is 0 Å². The second-order valence-corrected chi connectivity index (χ2v) is 6.86. The smallest absolute Gasteiger partial charge is 0.164 e. The Morgan fingerprint density at radius 3 is 2.33 bits per heavy atom. The van der Waals surface area contributed by atoms with Gasteiger partial charge in [-0.1, -0.05) is 18.2 Å². The summed E-state index contributed by atoms with van der Waals surface area (Å²) < 4.78 is 10.5. The van der Waals surface area contributed by atoms with E-state index in [-0.39, 0.29) is 5.78 Å². The van der Waals surface area contributed by atoms with E-state index in [2.05, 4.69) is 41.0 Å². The largest absolute Gasteiger partial charge is 0.493 e. The van der Waals surface area contributed by atoms with E-state index in [1.54, 1.807) is 32.4 Å². The molecular formula is C22H28N2O3. The van der Waals surface area contributed by atoms with Crippen LogP contribution >= 0.6 is 0 Å². The van der Waals surface area contributed by atoms with E-state index in [1.807, 2.05) is 0 Å². The van der Waals surface area contributed by atoms with E-state index in [1.165, 1.54) is 11.3 Å². The topological polar surface area (TPSA) is 42.0 Å². The fraction of sp³-hybridized carbons (Fsp3) is 0.409. The lowest BCUT2D eigenvalue weighted by atomic mass is 10.1. The van der Waals surface area contributed by atoms with E-state index >= 15 is 0 Å². The monoisotopic (exact) mass is 368 g/mol. The van der Waals surface area contributed by atoms with Crippen LogP contribution in [0.5, 0.6) is 11.5 Å². The molecular weight excluding hydrogens is 340 g/mol. The molecule has 5 nitrogen and oxygen atoms in total. The zero-order valence-corrected chi connectivity index (χ0v) is 16.4. The van der Waals surface area contributed by atoms with Gasteiger partial charge in [-0.05, 0) is 36.8 Å². The Bertz CT molecular complexity index is 783. The molecule has 0 spiro atoms. The third-order valence-corrected chi connectivity index (χ3v) is 5.19. The highest BCUT2D eigenvalue weighted by atomic mass is 16.5. The first-order valence-electron chi connectivity index (χ1n) is 9.40. The number of rotatable bonds is 7. The van der Waals surface area contributed by atoms with Crippen molar-refractivity contribution in [2.45, 2.75) is 13.3 Å². The van der Waals surface area contributed by atoms with E-state index < -0.39 is 0 Å². The van der Waals surface area contributed by atoms with E-state index in [9.17, 15) is 4.79 Å². The molecule has 0 unspecified atom stereocenters. The molecule has 27 heavy (non-hydrogen) atoms. The number of methoxy groups -OCH3 is 2. The second kappa shape index (κ2) is 8.91. The van der Waals surface area contributed by atoms with Crippen molar-refractivity contribution in [1.82, 2.24) is 4.90 Å². The Balaban J connectivity index is 1.51. The lowest BCUT2D eigenvalue weighted by Gasteiger charge is -2.36. The molecule has 0 amide bonds. The van der Waals surface area contributed by atoms with Gasteiger partial charge in [-0.3, -0.25) is 9.69 Å². The van der Waals surface area contributed by atoms with E-state index in [0.717, 1.165) is 32.7 Å². The zero-order chi connectivity index (χ0) is 19.2. The van der Waals surface area contributed by atoms with Crippen molar-refractivity contribution >= 4 is 11.5 Å². The maximum atomic E-state index is 12.6. The van der Waals surface area contributed by atoms with Crippen molar-refractivity contribution in [2.24, 2.45) is 0 Å². The predicted molar refractivity (Wildman–Crippen MR) is 108 cm³/mol. The summed E-state index contributed by atoms with van der Waals surface area (Å²) in [6, 6.07) is 13.9. The van der Waals surface area contributed by atoms with Crippen LogP contribution in [0.4, 0.5) is 5.69 Å². The highest BCUT2D eigenvalue weighted by Crippen LogP contribution is 2.28. The van der Waals surface area contributed by atoms with Crippen LogP contribution in [0.25, 0.3) is 0 Å². The number of Topliss-reactive ketones (excluding diaryl/α,β-unsaturated/α-hetero) is 1. The number of carbonyl (C=O) groups excluding carboxylic acids is 1. The van der Waals surface area contributed by atoms with Gasteiger partial charge in [0, 0.05) is 50.4 Å². The molecule has 1 fully saturated rings. The molecule has 2 aromatic carbocycles. The summed E-state index contributed by atoms with van der Waals surface area (Å²) in [5, 5.41) is 0. The van der Waals surface area contributed by atoms with Gasteiger partial charge in [-0.25, -0.2) is 0 Å². The molecule has 2 aromatic rings. The van der Waals surface area contributed by atoms with Crippen LogP contribution < -0.4 is 14.4 Å². The molecule has 0 radical (unpaired) electrons. The summed E-state index contributed by atoms with van der Waals surface area (Å²) in [5.74, 6) is 1.37. The van der Waals surface area contributed by atoms with Crippen molar-refractivity contribution in [3.63, 3.8) is 0 Å². The summed E-state index contributed by atoms with van der Waals surface area (Å²) in [7, 11) is 3.18. The first-order valence-corrected chi connectivity index (χ1v) is 9.40. The van der Waals surface area contributed by atoms with Gasteiger partial charge in [0.05, 0.1) is 14.2 Å². The van der Waals surface area contributed by atoms with Gasteiger partial charge in [-0.15, -0.1) is 0 Å². The lowest BCUT2D eigenvalue weighted by Crippen LogP contribution is -2.47. The number of anilines is 1. The summed E-state index contributed by atoms with van der Waals surface area (Å²) in [6.07, 6.45) is 0.514. The van der Waals surface area contributed by atoms with E-state index in [4.69, 9.17) is 9.47 Å². The standard InChI is InChI=1S/C22H28N2O3/c1-17-6-4-5-7-19(17)24-14-12-23(13-15-24)11-10-20(25)18-8-9-21(26-2)22(16-18)27-3/h4-9,16H,10-15H2,1-3H3. The van der Waals surface area contributed by atoms with Crippen LogP contribution in [0, 0.1) is 6.92 Å². The molecule has 0 aliphatic carbocycles. The highest BCUT2D eigenvalue weighted by molar-refractivity contribution is 5.96. The maximum absolute atomic E-state index is 12.6. The van der Waals surface area contributed by atoms with Crippen molar-refractivity contribution in [2.75, 3.05) is 51.8 Å². The zero-order valence-electron chi connectivity index (χ0n) is 16.4. The normalized spacial score (nSPS) is 14.9. The molecule has 0 aromatic heterocycles. The number of aryl methyl sites for hydroxylation is 1. The maximum Gasteiger partial charge on any atom is 0.164 e. The second-order valence-electron chi connectivity index (χ2n) is 6.86. The van der Waals surface area contributed by atoms with Gasteiger partial charge >= 0.3 is 0 Å². The van der Waals surface area contributed by atoms with E-state index in [0.29, 0.717) is 23.5 Å². The Morgan fingerprint density at radius 2 is 1.67 bits per heavy atom. The van der Waals surface area contributed by atoms with Crippen molar-refractivity contribution in [3.8, 4) is 11.5 Å². The minimum Gasteiger partial charge on any atom is -0.493 e. The van der Waals surface area contributed by atoms with Crippen LogP contribution in [0.15, 0.2) is 42.5 Å². The fourth-order valence-electron chi connectivity index (χ4n) is 3.54. The summed E-state index contributed by atoms with van der Waals surface area (Å²) >= 11 is 0. The molecule has 144 valence electrons. The van der Waals surface area contributed by atoms with Crippen LogP contribution in [-0.4, -0.2) is 57.6 Å². The number of nitrogens with zero attached hydrogens (tertiary/aromatic N) is 2. The molecule has 0 bridgehead atoms. The quantitative estimate of drug-likeness (QED) is 0.701. The summed E-state index contributed by atoms with van der Waals surface area (Å²) in [4.78, 5) is 17.4. The average Bonchev–Trinajstić information content (AvgIpc) is 2.72. The number of benzene rings is 2. The molecule has 0 saturated carbocycles. The number of piperazine rings is 1. The van der Waals surface area contributed by atoms with Gasteiger partial charge < -0.3 is 14.4 Å². The van der Waals surface area contributed by atoms with Crippen LogP contribution in [-0.2, 0) is 0 Å². The van der Waals surface area contributed by atoms with Gasteiger partial charge in [0.2, 0.25) is 0 Å². The number of ether oxygens (including phenoxy) is 2. The average molecular weight is 368 g/mol. The Kier molecular flexibility index (Phi) is 6.35. The first-order chi connectivity index (χ1) is 13.1. The van der Waals surface area contributed by atoms with Gasteiger partial charge in [0.1, 0.15) is 0 Å². The number of ketones is 1. The molecule has 1 aliphatic rings. The van der Waals surface area contributed by atoms with Crippen molar-refractivity contribution in [1.29, 1.82) is 0 Å². The van der Waals surface area contributed by atoms with Gasteiger partial charge in [-0.2, -0.15) is 0 Å². The molecule has 3 rings (SSSR count). The number of hydrogen-bond acceptors (Lipinski definition) is 5. The minimum absolute atomic E-state index is 0.136. The highest BCUT2D eigenvalue weighted by Gasteiger charge is 2.19. The Morgan fingerprint density at radius 1 is 0.963 bits per heavy atom. The Hall–Kier alpha value is -2.53. The first kappa shape index (κ1) is 19.2. The molecule has 0 N–H and O–H groups in total. The Labute approximate surface area is 161 Å². The third-order valence-electron chi connectivity index (χ3n) is 5.19. The van der Waals surface area contributed by atoms with Crippen LogP contribution in [0.2, 0.25) is 0 Å². The molecule has 5 heteroatoms. The summed E-state index contributed by atoms with van der Waals surface area (Å²) in [5.41, 5.74) is 3.30. The van der Waals surface area contributed by atoms with Crippen molar-refractivity contribution in [3.05, 3.63) is 53.6 Å². The molecule has 1 heterocycles. The number of para-hydroxylation sites is 1. The molecule has 1 saturated heterocycles. The molecule has 0 atom stereocenters. The molecule has 1 aliphatic heterocycles.